The second kappa shape index (κ2) is 6.81. The molecule has 1 aromatic heterocycles. The van der Waals surface area contributed by atoms with E-state index in [0.717, 1.165) is 22.5 Å². The third-order valence-electron chi connectivity index (χ3n) is 6.05. The van der Waals surface area contributed by atoms with E-state index in [0.29, 0.717) is 13.0 Å². The molecule has 7 heteroatoms. The maximum Gasteiger partial charge on any atom is 0.315 e. The number of nitrogens with zero attached hydrogens (tertiary/aromatic N) is 4. The molecule has 1 aliphatic rings. The van der Waals surface area contributed by atoms with Crippen molar-refractivity contribution in [2.45, 2.75) is 39.3 Å². The number of benzene rings is 1. The summed E-state index contributed by atoms with van der Waals surface area (Å²) in [5.41, 5.74) is 3.58. The minimum Gasteiger partial charge on any atom is -0.530 e. The van der Waals surface area contributed by atoms with Gasteiger partial charge in [0.05, 0.1) is 44.3 Å². The number of carbonyl (C=O) groups excluding carboxylic acids is 2. The summed E-state index contributed by atoms with van der Waals surface area (Å²) in [7, 11) is 3.82. The standard InChI is InChI=1S/C20H26N4O3/c1-6-23(20(26)27)17-9-13(2)24(5,14(3)25)19-8-7-15(10-16(17)19)18-11-21-12-22(18)4/h7-8,10-13,17H,6,9H2,1-5H3/t13-,17+,24?/m0/s1. The van der Waals surface area contributed by atoms with Gasteiger partial charge >= 0.3 is 5.91 Å². The second-order valence-electron chi connectivity index (χ2n) is 7.41. The van der Waals surface area contributed by atoms with Crippen LogP contribution in [0.1, 0.15) is 38.8 Å². The van der Waals surface area contributed by atoms with Crippen molar-refractivity contribution in [2.24, 2.45) is 7.05 Å². The Bertz CT molecular complexity index is 891. The number of hydrogen-bond acceptors (Lipinski definition) is 4. The van der Waals surface area contributed by atoms with Crippen molar-refractivity contribution in [3.8, 4) is 11.3 Å². The smallest absolute Gasteiger partial charge is 0.315 e. The van der Waals surface area contributed by atoms with E-state index >= 15 is 0 Å². The number of aryl methyl sites for hydroxylation is 1. The monoisotopic (exact) mass is 370 g/mol. The maximum atomic E-state index is 12.6. The molecule has 2 aromatic rings. The molecule has 0 aliphatic carbocycles. The number of fused-ring (bicyclic) bond motifs is 1. The number of aromatic nitrogens is 2. The summed E-state index contributed by atoms with van der Waals surface area (Å²) in [5.74, 6) is 0.0342. The van der Waals surface area contributed by atoms with Gasteiger partial charge in [-0.05, 0) is 26.0 Å². The van der Waals surface area contributed by atoms with Gasteiger partial charge in [0.1, 0.15) is 11.8 Å². The average Bonchev–Trinajstić information content (AvgIpc) is 3.04. The highest BCUT2D eigenvalue weighted by molar-refractivity contribution is 5.89. The lowest BCUT2D eigenvalue weighted by Crippen LogP contribution is -2.60. The first kappa shape index (κ1) is 19.1. The van der Waals surface area contributed by atoms with Crippen molar-refractivity contribution < 1.29 is 14.7 Å². The molecule has 1 aromatic carbocycles. The molecule has 27 heavy (non-hydrogen) atoms. The predicted octanol–water partition coefficient (Wildman–Crippen LogP) is 2.07. The van der Waals surface area contributed by atoms with Crippen LogP contribution in [0.2, 0.25) is 0 Å². The number of quaternary nitrogens is 1. The lowest BCUT2D eigenvalue weighted by atomic mass is 9.87. The van der Waals surface area contributed by atoms with Gasteiger partial charge in [0.25, 0.3) is 0 Å². The van der Waals surface area contributed by atoms with Crippen LogP contribution in [0.15, 0.2) is 30.7 Å². The van der Waals surface area contributed by atoms with Crippen molar-refractivity contribution in [2.75, 3.05) is 13.6 Å². The summed E-state index contributed by atoms with van der Waals surface area (Å²) in [6.07, 6.45) is 2.87. The third-order valence-corrected chi connectivity index (χ3v) is 6.05. The largest absolute Gasteiger partial charge is 0.530 e. The number of hydrogen-bond donors (Lipinski definition) is 0. The zero-order chi connectivity index (χ0) is 19.9. The topological polar surface area (TPSA) is 78.3 Å². The van der Waals surface area contributed by atoms with E-state index in [-0.39, 0.29) is 22.5 Å². The minimum absolute atomic E-state index is 0.0342. The molecule has 0 radical (unpaired) electrons. The molecule has 3 atom stereocenters. The Morgan fingerprint density at radius 3 is 2.63 bits per heavy atom. The molecule has 0 saturated carbocycles. The van der Waals surface area contributed by atoms with Crippen LogP contribution in [0.5, 0.6) is 0 Å². The molecule has 0 saturated heterocycles. The van der Waals surface area contributed by atoms with Crippen LogP contribution in [0, 0.1) is 0 Å². The number of rotatable bonds is 3. The molecule has 1 unspecified atom stereocenters. The summed E-state index contributed by atoms with van der Waals surface area (Å²) >= 11 is 0. The van der Waals surface area contributed by atoms with Gasteiger partial charge in [-0.2, -0.15) is 0 Å². The van der Waals surface area contributed by atoms with Crippen molar-refractivity contribution in [1.29, 1.82) is 0 Å². The molecular weight excluding hydrogens is 344 g/mol. The summed E-state index contributed by atoms with van der Waals surface area (Å²) in [4.78, 5) is 29.8. The average molecular weight is 370 g/mol. The fraction of sp³-hybridized carbons (Fsp3) is 0.450. The summed E-state index contributed by atoms with van der Waals surface area (Å²) in [6.45, 7) is 5.72. The van der Waals surface area contributed by atoms with Crippen molar-refractivity contribution in [3.05, 3.63) is 36.3 Å². The van der Waals surface area contributed by atoms with E-state index in [2.05, 4.69) is 4.98 Å². The van der Waals surface area contributed by atoms with E-state index in [1.807, 2.05) is 43.8 Å². The van der Waals surface area contributed by atoms with Gasteiger partial charge in [-0.15, -0.1) is 0 Å². The molecule has 3 rings (SSSR count). The van der Waals surface area contributed by atoms with Crippen LogP contribution in [-0.2, 0) is 11.8 Å². The predicted molar refractivity (Wildman–Crippen MR) is 102 cm³/mol. The molecule has 7 nitrogen and oxygen atoms in total. The highest BCUT2D eigenvalue weighted by Crippen LogP contribution is 2.45. The Kier molecular flexibility index (Phi) is 4.82. The first-order chi connectivity index (χ1) is 12.7. The van der Waals surface area contributed by atoms with Crippen LogP contribution in [-0.4, -0.2) is 46.1 Å². The highest BCUT2D eigenvalue weighted by atomic mass is 16.4. The molecule has 0 bridgehead atoms. The molecule has 2 amide bonds. The molecule has 0 fully saturated rings. The fourth-order valence-corrected chi connectivity index (χ4v) is 4.19. The van der Waals surface area contributed by atoms with Crippen molar-refractivity contribution in [3.63, 3.8) is 0 Å². The van der Waals surface area contributed by atoms with Crippen LogP contribution in [0.4, 0.5) is 10.5 Å². The Hall–Kier alpha value is -2.67. The summed E-state index contributed by atoms with van der Waals surface area (Å²) in [6, 6.07) is 5.53. The van der Waals surface area contributed by atoms with Gasteiger partial charge in [-0.3, -0.25) is 0 Å². The Morgan fingerprint density at radius 1 is 1.41 bits per heavy atom. The normalized spacial score (nSPS) is 24.3. The number of carboxylic acid groups (broad SMARTS) is 1. The zero-order valence-electron chi connectivity index (χ0n) is 16.5. The molecule has 0 N–H and O–H groups in total. The van der Waals surface area contributed by atoms with Gasteiger partial charge in [0.2, 0.25) is 0 Å². The molecule has 144 valence electrons. The second-order valence-corrected chi connectivity index (χ2v) is 7.41. The van der Waals surface area contributed by atoms with E-state index in [4.69, 9.17) is 0 Å². The number of amides is 2. The van der Waals surface area contributed by atoms with E-state index < -0.39 is 6.09 Å². The zero-order valence-corrected chi connectivity index (χ0v) is 16.5. The number of carbonyl (C=O) groups is 2. The van der Waals surface area contributed by atoms with Gasteiger partial charge in [-0.25, -0.2) is 14.3 Å². The third kappa shape index (κ3) is 2.92. The van der Waals surface area contributed by atoms with E-state index in [9.17, 15) is 14.7 Å². The van der Waals surface area contributed by atoms with Crippen molar-refractivity contribution in [1.82, 2.24) is 18.9 Å². The summed E-state index contributed by atoms with van der Waals surface area (Å²) < 4.78 is 2.07. The van der Waals surface area contributed by atoms with E-state index in [1.165, 1.54) is 4.90 Å². The Labute approximate surface area is 159 Å². The van der Waals surface area contributed by atoms with Crippen LogP contribution < -0.4 is 9.59 Å². The molecule has 1 aliphatic heterocycles. The highest BCUT2D eigenvalue weighted by Gasteiger charge is 2.47. The molecular formula is C20H26N4O3. The van der Waals surface area contributed by atoms with Crippen LogP contribution in [0.25, 0.3) is 11.3 Å². The van der Waals surface area contributed by atoms with Gasteiger partial charge < -0.3 is 19.4 Å². The lowest BCUT2D eigenvalue weighted by Gasteiger charge is -2.46. The SMILES string of the molecule is CCN(C(=O)[O-])[C@@H]1C[C@H](C)[N+](C)(C(C)=O)c2ccc(-c3cncn3C)cc21. The Morgan fingerprint density at radius 2 is 2.11 bits per heavy atom. The van der Waals surface area contributed by atoms with E-state index in [1.54, 1.807) is 26.4 Å². The first-order valence-corrected chi connectivity index (χ1v) is 9.17. The van der Waals surface area contributed by atoms with Gasteiger partial charge in [0, 0.05) is 37.2 Å². The lowest BCUT2D eigenvalue weighted by molar-refractivity contribution is -0.268. The van der Waals surface area contributed by atoms with Crippen LogP contribution >= 0.6 is 0 Å². The maximum absolute atomic E-state index is 12.6. The Balaban J connectivity index is 2.24. The van der Waals surface area contributed by atoms with Gasteiger partial charge in [0.15, 0.2) is 0 Å². The quantitative estimate of drug-likeness (QED) is 0.775. The molecule has 2 heterocycles. The minimum atomic E-state index is -1.19. The number of imidazole rings is 1. The fourth-order valence-electron chi connectivity index (χ4n) is 4.19. The van der Waals surface area contributed by atoms with Gasteiger partial charge in [-0.1, -0.05) is 0 Å². The molecule has 0 spiro atoms. The van der Waals surface area contributed by atoms with Crippen LogP contribution in [0.3, 0.4) is 0 Å². The first-order valence-electron chi connectivity index (χ1n) is 9.17. The summed E-state index contributed by atoms with van der Waals surface area (Å²) in [5, 5.41) is 11.7. The van der Waals surface area contributed by atoms with Crippen molar-refractivity contribution >= 4 is 17.7 Å².